The molecule has 6 heterocycles. The van der Waals surface area contributed by atoms with Gasteiger partial charge in [-0.1, -0.05) is 127 Å². The molecule has 0 spiro atoms. The summed E-state index contributed by atoms with van der Waals surface area (Å²) in [6.45, 7) is 1.84. The molecule has 29 heteroatoms. The zero-order valence-electron chi connectivity index (χ0n) is 28.9. The van der Waals surface area contributed by atoms with E-state index < -0.39 is 35.0 Å². The van der Waals surface area contributed by atoms with Crippen molar-refractivity contribution in [1.29, 1.82) is 0 Å². The maximum Gasteiger partial charge on any atom is 0.356 e. The van der Waals surface area contributed by atoms with Crippen LogP contribution < -0.4 is 0 Å². The number of halogens is 9. The van der Waals surface area contributed by atoms with Crippen LogP contribution in [-0.4, -0.2) is 88.9 Å². The van der Waals surface area contributed by atoms with Crippen LogP contribution in [0.5, 0.6) is 0 Å². The standard InChI is InChI=1S/C25H13Cl6N9O5.C6HCl3N4O2/c1-2-3-13(41)8-4-9(11-6-39(37-35-11)20-14(26)18(24(42)43)33-22(30)16(20)28)32-10(5-8)12-7-40(38-36-12)21-15(27)19(25(44)45)34-23(31)17(21)29;7-1-3(12-13-10)2(8)5(9)11-4(1)6(14)15/h4-7H,2-3H2,1H3,(H,42,43)(H,44,45);(H,14,15). The first kappa shape index (κ1) is 46.0. The van der Waals surface area contributed by atoms with Crippen molar-refractivity contribution in [3.63, 3.8) is 0 Å². The topological polar surface area (TPSA) is 291 Å². The maximum absolute atomic E-state index is 13.0. The van der Waals surface area contributed by atoms with Gasteiger partial charge < -0.3 is 15.3 Å². The van der Waals surface area contributed by atoms with Crippen LogP contribution in [0.2, 0.25) is 45.6 Å². The largest absolute Gasteiger partial charge is 0.476 e. The number of carbonyl (C=O) groups excluding carboxylic acids is 1. The third-order valence-corrected chi connectivity index (χ3v) is 10.6. The number of aromatic carboxylic acids is 3. The van der Waals surface area contributed by atoms with E-state index in [-0.39, 0.29) is 103 Å². The van der Waals surface area contributed by atoms with Crippen LogP contribution >= 0.6 is 104 Å². The minimum absolute atomic E-state index is 0.0960. The fourth-order valence-electron chi connectivity index (χ4n) is 4.77. The lowest BCUT2D eigenvalue weighted by Crippen LogP contribution is -2.07. The Kier molecular flexibility index (Phi) is 14.6. The molecule has 0 aliphatic heterocycles. The number of aromatic nitrogens is 10. The van der Waals surface area contributed by atoms with E-state index in [0.717, 1.165) is 9.36 Å². The van der Waals surface area contributed by atoms with Crippen molar-refractivity contribution in [2.45, 2.75) is 19.8 Å². The van der Waals surface area contributed by atoms with Gasteiger partial charge in [-0.25, -0.2) is 43.7 Å². The van der Waals surface area contributed by atoms with E-state index in [4.69, 9.17) is 115 Å². The molecule has 0 atom stereocenters. The second-order valence-corrected chi connectivity index (χ2v) is 14.5. The lowest BCUT2D eigenvalue weighted by molar-refractivity contribution is 0.0680. The van der Waals surface area contributed by atoms with Crippen molar-refractivity contribution in [2.24, 2.45) is 5.11 Å². The molecule has 0 radical (unpaired) electrons. The van der Waals surface area contributed by atoms with E-state index in [9.17, 15) is 29.4 Å². The van der Waals surface area contributed by atoms with Gasteiger partial charge >= 0.3 is 17.9 Å². The SMILES string of the molecule is CCCC(=O)c1cc(-c2cn(-c3c(Cl)c(Cl)nc(C(=O)O)c3Cl)nn2)nc(-c2cn(-c3c(Cl)c(Cl)nc(C(=O)O)c3Cl)nn2)c1.[N-]=[N+]=Nc1c(Cl)c(Cl)nc(C(=O)O)c1Cl. The first-order chi connectivity index (χ1) is 28.3. The van der Waals surface area contributed by atoms with Crippen molar-refractivity contribution in [3.05, 3.63) is 103 Å². The Morgan fingerprint density at radius 2 is 1.02 bits per heavy atom. The summed E-state index contributed by atoms with van der Waals surface area (Å²) in [6.07, 6.45) is 3.48. The van der Waals surface area contributed by atoms with Gasteiger partial charge in [-0.05, 0) is 24.1 Å². The number of azide groups is 1. The molecule has 0 bridgehead atoms. The van der Waals surface area contributed by atoms with Crippen molar-refractivity contribution < 1.29 is 34.5 Å². The molecule has 0 amide bonds. The predicted molar refractivity (Wildman–Crippen MR) is 219 cm³/mol. The summed E-state index contributed by atoms with van der Waals surface area (Å²) >= 11 is 53.9. The Morgan fingerprint density at radius 1 is 0.617 bits per heavy atom. The summed E-state index contributed by atoms with van der Waals surface area (Å²) in [4.78, 5) is 64.7. The molecule has 0 saturated carbocycles. The third-order valence-electron chi connectivity index (χ3n) is 7.39. The third kappa shape index (κ3) is 9.43. The monoisotopic (exact) mass is 995 g/mol. The highest BCUT2D eigenvalue weighted by molar-refractivity contribution is 6.47. The first-order valence-corrected chi connectivity index (χ1v) is 19.0. The Labute approximate surface area is 378 Å². The lowest BCUT2D eigenvalue weighted by Gasteiger charge is -2.09. The van der Waals surface area contributed by atoms with Crippen LogP contribution in [0, 0.1) is 0 Å². The van der Waals surface area contributed by atoms with Crippen molar-refractivity contribution in [3.8, 4) is 34.2 Å². The van der Waals surface area contributed by atoms with Crippen molar-refractivity contribution >= 4 is 134 Å². The normalized spacial score (nSPS) is 10.8. The number of ketones is 1. The van der Waals surface area contributed by atoms with E-state index in [2.05, 4.69) is 50.6 Å². The van der Waals surface area contributed by atoms with Gasteiger partial charge in [0.1, 0.15) is 48.0 Å². The number of carboxylic acids is 3. The molecule has 0 aliphatic carbocycles. The fraction of sp³-hybridized carbons (Fsp3) is 0.0968. The van der Waals surface area contributed by atoms with E-state index in [1.807, 2.05) is 6.92 Å². The molecule has 0 aromatic carbocycles. The summed E-state index contributed by atoms with van der Waals surface area (Å²) in [5.41, 5.74) is 6.98. The lowest BCUT2D eigenvalue weighted by atomic mass is 10.0. The first-order valence-electron chi connectivity index (χ1n) is 15.6. The average Bonchev–Trinajstić information content (AvgIpc) is 3.89. The summed E-state index contributed by atoms with van der Waals surface area (Å²) in [5.74, 6) is -4.50. The number of carboxylic acid groups (broad SMARTS) is 3. The summed E-state index contributed by atoms with van der Waals surface area (Å²) < 4.78 is 2.19. The van der Waals surface area contributed by atoms with Crippen LogP contribution in [0.3, 0.4) is 0 Å². The minimum Gasteiger partial charge on any atom is -0.476 e. The van der Waals surface area contributed by atoms with Crippen LogP contribution in [0.15, 0.2) is 29.6 Å². The molecule has 0 fully saturated rings. The van der Waals surface area contributed by atoms with Crippen LogP contribution in [0.4, 0.5) is 5.69 Å². The molecule has 0 saturated heterocycles. The second kappa shape index (κ2) is 19.1. The minimum atomic E-state index is -1.45. The van der Waals surface area contributed by atoms with Gasteiger partial charge in [-0.2, -0.15) is 0 Å². The van der Waals surface area contributed by atoms with Crippen molar-refractivity contribution in [2.75, 3.05) is 0 Å². The number of nitrogens with zero attached hydrogens (tertiary/aromatic N) is 13. The van der Waals surface area contributed by atoms with Gasteiger partial charge in [0.15, 0.2) is 33.2 Å². The Morgan fingerprint density at radius 3 is 1.40 bits per heavy atom. The highest BCUT2D eigenvalue weighted by atomic mass is 35.5. The molecule has 3 N–H and O–H groups in total. The van der Waals surface area contributed by atoms with Gasteiger partial charge in [-0.3, -0.25) is 4.79 Å². The van der Waals surface area contributed by atoms with Crippen molar-refractivity contribution in [1.82, 2.24) is 49.9 Å². The number of hydrogen-bond donors (Lipinski definition) is 3. The Balaban J connectivity index is 0.000000384. The molecular formula is C31H14Cl9N13O7. The molecule has 6 rings (SSSR count). The molecule has 6 aromatic heterocycles. The van der Waals surface area contributed by atoms with Gasteiger partial charge in [0.05, 0.1) is 39.5 Å². The Hall–Kier alpha value is -5.12. The number of Topliss-reactive ketones (excluding diaryl/α,β-unsaturated/α-hetero) is 1. The number of hydrogen-bond acceptors (Lipinski definition) is 13. The van der Waals surface area contributed by atoms with Crippen LogP contribution in [-0.2, 0) is 0 Å². The van der Waals surface area contributed by atoms with Gasteiger partial charge in [0.2, 0.25) is 0 Å². The van der Waals surface area contributed by atoms with Gasteiger partial charge in [-0.15, -0.1) is 10.2 Å². The van der Waals surface area contributed by atoms with E-state index in [1.165, 1.54) is 24.5 Å². The van der Waals surface area contributed by atoms with E-state index >= 15 is 0 Å². The van der Waals surface area contributed by atoms with E-state index in [0.29, 0.717) is 6.42 Å². The summed E-state index contributed by atoms with van der Waals surface area (Å²) in [7, 11) is 0. The Bertz CT molecular complexity index is 2700. The second-order valence-electron chi connectivity index (χ2n) is 11.2. The molecule has 60 heavy (non-hydrogen) atoms. The molecule has 0 aliphatic rings. The average molecular weight is 1000 g/mol. The summed E-state index contributed by atoms with van der Waals surface area (Å²) in [6, 6.07) is 2.97. The fourth-order valence-corrected chi connectivity index (χ4v) is 6.93. The number of pyridine rings is 4. The molecular weight excluding hydrogens is 986 g/mol. The highest BCUT2D eigenvalue weighted by Gasteiger charge is 2.26. The number of rotatable bonds is 11. The highest BCUT2D eigenvalue weighted by Crippen LogP contribution is 2.40. The molecule has 6 aromatic rings. The quantitative estimate of drug-likeness (QED) is 0.0357. The van der Waals surface area contributed by atoms with Gasteiger partial charge in [0.25, 0.3) is 0 Å². The summed E-state index contributed by atoms with van der Waals surface area (Å²) in [5, 5.41) is 44.4. The zero-order valence-corrected chi connectivity index (χ0v) is 35.7. The van der Waals surface area contributed by atoms with E-state index in [1.54, 1.807) is 0 Å². The molecule has 0 unspecified atom stereocenters. The predicted octanol–water partition coefficient (Wildman–Crippen LogP) is 10.3. The number of carbonyl (C=O) groups is 4. The van der Waals surface area contributed by atoms with Crippen LogP contribution in [0.1, 0.15) is 61.6 Å². The molecule has 308 valence electrons. The van der Waals surface area contributed by atoms with Crippen LogP contribution in [0.25, 0.3) is 44.6 Å². The smallest absolute Gasteiger partial charge is 0.356 e. The zero-order chi connectivity index (χ0) is 44.3. The maximum atomic E-state index is 13.0. The molecule has 20 nitrogen and oxygen atoms in total. The van der Waals surface area contributed by atoms with Gasteiger partial charge in [0, 0.05) is 16.9 Å².